The molecule has 18 nitrogen and oxygen atoms in total. The zero-order valence-corrected chi connectivity index (χ0v) is 39.3. The molecule has 0 aliphatic carbocycles. The molecule has 4 aromatic carbocycles. The number of aromatic nitrogens is 4. The number of amides is 2. The quantitative estimate of drug-likeness (QED) is 0.0592. The third kappa shape index (κ3) is 9.48. The highest BCUT2D eigenvalue weighted by atomic mass is 16.5. The Labute approximate surface area is 399 Å². The Kier molecular flexibility index (Phi) is 12.7. The number of nitrogens with one attached hydrogen (secondary N) is 5. The third-order valence-corrected chi connectivity index (χ3v) is 11.3. The lowest BCUT2D eigenvalue weighted by Gasteiger charge is -2.12. The second-order valence-corrected chi connectivity index (χ2v) is 18.3. The average molecular weight is 947 g/mol. The summed E-state index contributed by atoms with van der Waals surface area (Å²) in [7, 11) is 1.50. The van der Waals surface area contributed by atoms with E-state index >= 15 is 0 Å². The maximum atomic E-state index is 14.6. The van der Waals surface area contributed by atoms with Gasteiger partial charge in [0.15, 0.2) is 23.2 Å². The first-order valence-electron chi connectivity index (χ1n) is 21.9. The number of carbonyl (C=O) groups is 4. The van der Waals surface area contributed by atoms with Gasteiger partial charge in [-0.15, -0.1) is 0 Å². The van der Waals surface area contributed by atoms with Gasteiger partial charge in [-0.05, 0) is 103 Å². The summed E-state index contributed by atoms with van der Waals surface area (Å²) in [5, 5.41) is 40.4. The van der Waals surface area contributed by atoms with E-state index < -0.39 is 17.6 Å². The molecule has 0 radical (unpaired) electrons. The van der Waals surface area contributed by atoms with Gasteiger partial charge in [0, 0.05) is 73.3 Å². The first kappa shape index (κ1) is 47.6. The van der Waals surface area contributed by atoms with Gasteiger partial charge >= 0.3 is 6.03 Å². The summed E-state index contributed by atoms with van der Waals surface area (Å²) in [5.41, 5.74) is 8.42. The van der Waals surface area contributed by atoms with Gasteiger partial charge in [0.2, 0.25) is 11.6 Å². The maximum Gasteiger partial charge on any atom is 0.324 e. The van der Waals surface area contributed by atoms with Crippen LogP contribution in [0.3, 0.4) is 0 Å². The lowest BCUT2D eigenvalue weighted by Crippen LogP contribution is -2.19. The van der Waals surface area contributed by atoms with Gasteiger partial charge in [-0.2, -0.15) is 0 Å². The molecule has 0 atom stereocenters. The van der Waals surface area contributed by atoms with Crippen LogP contribution in [-0.4, -0.2) is 61.9 Å². The van der Waals surface area contributed by atoms with Gasteiger partial charge < -0.3 is 59.2 Å². The molecule has 10 aromatic rings. The smallest absolute Gasteiger partial charge is 0.324 e. The summed E-state index contributed by atoms with van der Waals surface area (Å²) >= 11 is 0. The number of urea groups is 1. The largest absolute Gasteiger partial charge is 0.508 e. The summed E-state index contributed by atoms with van der Waals surface area (Å²) in [4.78, 5) is 56.5. The highest BCUT2D eigenvalue weighted by Crippen LogP contribution is 2.37. The fraction of sp³-hybridized carbons (Fsp3) is 0.192. The number of rotatable bonds is 10. The molecule has 0 saturated heterocycles. The molecule has 0 saturated carbocycles. The summed E-state index contributed by atoms with van der Waals surface area (Å²) < 4.78 is 23.1. The molecular weight excluding hydrogens is 897 g/mol. The molecule has 0 aliphatic heterocycles. The van der Waals surface area contributed by atoms with E-state index in [4.69, 9.17) is 22.7 Å². The van der Waals surface area contributed by atoms with E-state index in [1.54, 1.807) is 66.7 Å². The number of nitrogens with two attached hydrogens (primary N) is 1. The molecule has 2 amide bonds. The number of benzene rings is 4. The Hall–Kier alpha value is -8.90. The molecule has 0 bridgehead atoms. The van der Waals surface area contributed by atoms with Gasteiger partial charge in [-0.3, -0.25) is 14.9 Å². The first-order valence-corrected chi connectivity index (χ1v) is 21.9. The summed E-state index contributed by atoms with van der Waals surface area (Å²) in [5.74, 6) is 1.19. The molecule has 10 rings (SSSR count). The van der Waals surface area contributed by atoms with E-state index in [-0.39, 0.29) is 57.5 Å². The molecule has 6 aromatic heterocycles. The van der Waals surface area contributed by atoms with Crippen LogP contribution >= 0.6 is 0 Å². The Bertz CT molecular complexity index is 3590. The van der Waals surface area contributed by atoms with Crippen LogP contribution in [0.4, 0.5) is 27.8 Å². The van der Waals surface area contributed by atoms with Gasteiger partial charge in [0.05, 0.1) is 11.4 Å². The molecule has 0 spiro atoms. The van der Waals surface area contributed by atoms with E-state index in [2.05, 4.69) is 42.0 Å². The van der Waals surface area contributed by atoms with Crippen molar-refractivity contribution in [3.8, 4) is 11.5 Å². The lowest BCUT2D eigenvalue weighted by atomic mass is 9.93. The van der Waals surface area contributed by atoms with Gasteiger partial charge in [0.25, 0.3) is 0 Å². The summed E-state index contributed by atoms with van der Waals surface area (Å²) in [6.07, 6.45) is 0.00375. The van der Waals surface area contributed by atoms with Crippen LogP contribution in [0.1, 0.15) is 96.7 Å². The van der Waals surface area contributed by atoms with Gasteiger partial charge in [-0.25, -0.2) is 4.79 Å². The normalized spacial score (nSPS) is 11.6. The number of hydrogen-bond acceptors (Lipinski definition) is 14. The average Bonchev–Trinajstić information content (AvgIpc) is 4.20. The van der Waals surface area contributed by atoms with Crippen LogP contribution < -0.4 is 21.7 Å². The number of aromatic amines is 2. The van der Waals surface area contributed by atoms with Crippen molar-refractivity contribution in [2.24, 2.45) is 5.73 Å². The molecule has 70 heavy (non-hydrogen) atoms. The number of nitrogens with zero attached hydrogens (tertiary/aromatic N) is 2. The number of carbonyl (C=O) groups excluding carboxylic acids is 4. The fourth-order valence-electron chi connectivity index (χ4n) is 7.92. The highest BCUT2D eigenvalue weighted by Gasteiger charge is 2.29. The molecule has 9 N–H and O–H groups in total. The van der Waals surface area contributed by atoms with Crippen molar-refractivity contribution in [1.82, 2.24) is 20.3 Å². The Morgan fingerprint density at radius 2 is 1.06 bits per heavy atom. The van der Waals surface area contributed by atoms with E-state index in [0.29, 0.717) is 77.8 Å². The Morgan fingerprint density at radius 1 is 0.600 bits per heavy atom. The Balaban J connectivity index is 0.00000161. The number of H-pyrrole nitrogens is 2. The SMILES string of the molecule is C=O.CC(C)(C)c1cc(NC(=O)Nc2ccc3oc(C(=O)c4[nH]c5ccc(O)cc5c4Cc4c(C(=O)c5cc6cc(Nc7cc(C(C)(C)C)on7)ccc6o5)[nH]c5ccc(O)cc45)cc3c2)no1.CN. The number of phenols is 2. The van der Waals surface area contributed by atoms with Crippen molar-refractivity contribution in [2.45, 2.75) is 58.8 Å². The third-order valence-electron chi connectivity index (χ3n) is 11.3. The zero-order chi connectivity index (χ0) is 50.2. The predicted octanol–water partition coefficient (Wildman–Crippen LogP) is 11.0. The van der Waals surface area contributed by atoms with Crippen LogP contribution in [0.15, 0.2) is 115 Å². The van der Waals surface area contributed by atoms with Crippen molar-refractivity contribution < 1.29 is 47.3 Å². The van der Waals surface area contributed by atoms with Crippen LogP contribution in [0, 0.1) is 0 Å². The molecule has 6 heterocycles. The minimum Gasteiger partial charge on any atom is -0.508 e. The monoisotopic (exact) mass is 946 g/mol. The van der Waals surface area contributed by atoms with Crippen molar-refractivity contribution in [2.75, 3.05) is 23.0 Å². The van der Waals surface area contributed by atoms with Crippen LogP contribution in [0.5, 0.6) is 11.5 Å². The number of phenolic OH excluding ortho intramolecular Hbond substituents is 2. The molecule has 0 aliphatic rings. The molecule has 0 fully saturated rings. The van der Waals surface area contributed by atoms with E-state index in [9.17, 15) is 24.6 Å². The fourth-order valence-corrected chi connectivity index (χ4v) is 7.92. The van der Waals surface area contributed by atoms with Crippen LogP contribution in [-0.2, 0) is 22.0 Å². The number of anilines is 4. The highest BCUT2D eigenvalue weighted by molar-refractivity contribution is 6.14. The molecule has 358 valence electrons. The predicted molar refractivity (Wildman–Crippen MR) is 266 cm³/mol. The van der Waals surface area contributed by atoms with Gasteiger partial charge in [0.1, 0.15) is 41.0 Å². The molecule has 18 heteroatoms. The summed E-state index contributed by atoms with van der Waals surface area (Å²) in [6.45, 7) is 14.0. The van der Waals surface area contributed by atoms with Crippen molar-refractivity contribution in [3.05, 3.63) is 143 Å². The minimum absolute atomic E-state index is 0.00290. The second kappa shape index (κ2) is 18.6. The van der Waals surface area contributed by atoms with Gasteiger partial charge in [-0.1, -0.05) is 51.9 Å². The second-order valence-electron chi connectivity index (χ2n) is 18.3. The minimum atomic E-state index is -0.544. The van der Waals surface area contributed by atoms with Crippen molar-refractivity contribution >= 4 is 91.1 Å². The van der Waals surface area contributed by atoms with E-state index in [0.717, 1.165) is 5.76 Å². The number of ketones is 2. The maximum absolute atomic E-state index is 14.6. The molecular formula is C52H50N8O10. The number of hydrogen-bond donors (Lipinski definition) is 8. The first-order chi connectivity index (χ1) is 33.4. The zero-order valence-electron chi connectivity index (χ0n) is 39.3. The Morgan fingerprint density at radius 3 is 1.54 bits per heavy atom. The molecule has 0 unspecified atom stereocenters. The van der Waals surface area contributed by atoms with Crippen molar-refractivity contribution in [3.63, 3.8) is 0 Å². The van der Waals surface area contributed by atoms with E-state index in [1.165, 1.54) is 19.2 Å². The van der Waals surface area contributed by atoms with E-state index in [1.807, 2.05) is 66.5 Å². The van der Waals surface area contributed by atoms with Crippen molar-refractivity contribution in [1.29, 1.82) is 0 Å². The number of aromatic hydroxyl groups is 2. The van der Waals surface area contributed by atoms with Crippen LogP contribution in [0.2, 0.25) is 0 Å². The lowest BCUT2D eigenvalue weighted by molar-refractivity contribution is -0.0980. The number of furan rings is 2. The number of fused-ring (bicyclic) bond motifs is 4. The van der Waals surface area contributed by atoms with Crippen LogP contribution in [0.25, 0.3) is 43.7 Å². The summed E-state index contributed by atoms with van der Waals surface area (Å²) in [6, 6.07) is 26.0. The topological polar surface area (TPSA) is 281 Å². The standard InChI is InChI=1S/C50H43N7O9.CH5N.CH2O/c1-49(2,3)40-22-42(56-65-40)51-26-7-13-36-24(15-26)17-38(63-36)46(60)44-32(30-19-28(58)9-11-34(30)53-44)21-33-31-20-29(59)10-12-35(31)54-45(33)47(61)39-18-25-16-27(8-14-37(25)64-39)52-48(62)55-43-23-41(66-57-43)50(4,5)6;2*1-2/h7-20,22-23,53-54,58-59H,21H2,1-6H3,(H,51,56)(H2,52,55,57,62);2H2,1H3;1H2.